The Morgan fingerprint density at radius 2 is 1.35 bits per heavy atom. The minimum absolute atomic E-state index is 0.152. The number of carbonyl (C=O) groups excluding carboxylic acids is 1. The maximum Gasteiger partial charge on any atom is 0.255 e. The second kappa shape index (κ2) is 7.09. The number of nitrogens with zero attached hydrogens (tertiary/aromatic N) is 1. The van der Waals surface area contributed by atoms with Crippen molar-refractivity contribution in [3.8, 4) is 5.75 Å². The average Bonchev–Trinajstić information content (AvgIpc) is 2.45. The van der Waals surface area contributed by atoms with Crippen molar-refractivity contribution in [2.45, 2.75) is 52.4 Å². The zero-order chi connectivity index (χ0) is 19.9. The van der Waals surface area contributed by atoms with E-state index < -0.39 is 0 Å². The number of phenolic OH excluding ortho intramolecular Hbond substituents is 1. The molecule has 0 unspecified atom stereocenters. The molecule has 1 aromatic carbocycles. The molecule has 1 aromatic heterocycles. The van der Waals surface area contributed by atoms with Crippen LogP contribution in [-0.4, -0.2) is 16.0 Å². The van der Waals surface area contributed by atoms with Gasteiger partial charge in [-0.2, -0.15) is 0 Å². The minimum Gasteiger partial charge on any atom is -0.507 e. The van der Waals surface area contributed by atoms with Gasteiger partial charge in [0.05, 0.1) is 0 Å². The molecule has 1 heterocycles. The normalized spacial score (nSPS) is 12.2. The smallest absolute Gasteiger partial charge is 0.255 e. The molecule has 0 aliphatic rings. The third kappa shape index (κ3) is 4.68. The molecule has 0 bridgehead atoms. The molecule has 2 rings (SSSR count). The van der Waals surface area contributed by atoms with Crippen LogP contribution >= 0.6 is 23.2 Å². The van der Waals surface area contributed by atoms with Crippen LogP contribution in [-0.2, 0) is 10.8 Å². The first-order valence-corrected chi connectivity index (χ1v) is 9.07. The summed E-state index contributed by atoms with van der Waals surface area (Å²) in [5.74, 6) is -0.0837. The van der Waals surface area contributed by atoms with Gasteiger partial charge in [0.25, 0.3) is 5.91 Å². The predicted octanol–water partition coefficient (Wildman–Crippen LogP) is 5.94. The lowest BCUT2D eigenvalue weighted by Gasteiger charge is -2.28. The van der Waals surface area contributed by atoms with Crippen LogP contribution in [0, 0.1) is 0 Å². The van der Waals surface area contributed by atoms with Gasteiger partial charge in [0.2, 0.25) is 0 Å². The number of pyridine rings is 1. The fraction of sp³-hybridized carbons (Fsp3) is 0.400. The van der Waals surface area contributed by atoms with Crippen LogP contribution in [0.15, 0.2) is 24.3 Å². The number of hydrogen-bond donors (Lipinski definition) is 2. The monoisotopic (exact) mass is 394 g/mol. The lowest BCUT2D eigenvalue weighted by Crippen LogP contribution is -2.19. The van der Waals surface area contributed by atoms with Crippen LogP contribution < -0.4 is 5.32 Å². The second-order valence-corrected chi connectivity index (χ2v) is 9.15. The highest BCUT2D eigenvalue weighted by atomic mass is 35.5. The Bertz CT molecular complexity index is 795. The Labute approximate surface area is 164 Å². The molecule has 0 atom stereocenters. The summed E-state index contributed by atoms with van der Waals surface area (Å²) in [6, 6.07) is 6.51. The van der Waals surface area contributed by atoms with Gasteiger partial charge >= 0.3 is 0 Å². The van der Waals surface area contributed by atoms with Gasteiger partial charge in [-0.25, -0.2) is 4.98 Å². The maximum atomic E-state index is 12.6. The number of halogens is 2. The Hall–Kier alpha value is -1.78. The summed E-state index contributed by atoms with van der Waals surface area (Å²) in [5, 5.41) is 13.9. The van der Waals surface area contributed by atoms with Crippen LogP contribution in [0.25, 0.3) is 0 Å². The second-order valence-electron chi connectivity index (χ2n) is 8.38. The van der Waals surface area contributed by atoms with Crippen LogP contribution in [0.2, 0.25) is 10.3 Å². The van der Waals surface area contributed by atoms with Crippen LogP contribution in [0.4, 0.5) is 5.69 Å². The van der Waals surface area contributed by atoms with Gasteiger partial charge in [0.15, 0.2) is 0 Å². The average molecular weight is 395 g/mol. The highest BCUT2D eigenvalue weighted by Crippen LogP contribution is 2.41. The summed E-state index contributed by atoms with van der Waals surface area (Å²) in [4.78, 5) is 16.5. The van der Waals surface area contributed by atoms with E-state index in [-0.39, 0.29) is 32.8 Å². The first kappa shape index (κ1) is 20.5. The fourth-order valence-corrected chi connectivity index (χ4v) is 3.11. The topological polar surface area (TPSA) is 62.2 Å². The molecule has 0 spiro atoms. The summed E-state index contributed by atoms with van der Waals surface area (Å²) in [6.45, 7) is 12.1. The summed E-state index contributed by atoms with van der Waals surface area (Å²) >= 11 is 11.8. The molecule has 2 aromatic rings. The number of anilines is 1. The SMILES string of the molecule is CC(C)(C)c1cc(NC(=O)c2cc(Cl)nc(Cl)c2)cc(C(C)(C)C)c1O. The molecule has 0 aliphatic carbocycles. The molecular formula is C20H24Cl2N2O2. The van der Waals surface area contributed by atoms with E-state index in [0.29, 0.717) is 11.3 Å². The first-order chi connectivity index (χ1) is 11.8. The molecule has 0 radical (unpaired) electrons. The third-order valence-corrected chi connectivity index (χ3v) is 4.40. The van der Waals surface area contributed by atoms with Gasteiger partial charge in [-0.1, -0.05) is 64.7 Å². The molecule has 0 saturated heterocycles. The van der Waals surface area contributed by atoms with Crippen LogP contribution in [0.1, 0.15) is 63.0 Å². The molecule has 0 fully saturated rings. The Morgan fingerprint density at radius 3 is 1.73 bits per heavy atom. The van der Waals surface area contributed by atoms with Gasteiger partial charge in [0.1, 0.15) is 16.1 Å². The quantitative estimate of drug-likeness (QED) is 0.489. The molecule has 26 heavy (non-hydrogen) atoms. The molecular weight excluding hydrogens is 371 g/mol. The Morgan fingerprint density at radius 1 is 0.923 bits per heavy atom. The van der Waals surface area contributed by atoms with Crippen molar-refractivity contribution in [2.75, 3.05) is 5.32 Å². The van der Waals surface area contributed by atoms with Crippen molar-refractivity contribution < 1.29 is 9.90 Å². The van der Waals surface area contributed by atoms with E-state index in [1.54, 1.807) is 12.1 Å². The van der Waals surface area contributed by atoms with E-state index in [2.05, 4.69) is 10.3 Å². The third-order valence-electron chi connectivity index (χ3n) is 4.01. The lowest BCUT2D eigenvalue weighted by atomic mass is 9.79. The summed E-state index contributed by atoms with van der Waals surface area (Å²) in [5.41, 5.74) is 1.89. The van der Waals surface area contributed by atoms with Crippen LogP contribution in [0.3, 0.4) is 0 Å². The Kier molecular flexibility index (Phi) is 5.60. The lowest BCUT2D eigenvalue weighted by molar-refractivity contribution is 0.102. The number of rotatable bonds is 2. The number of benzene rings is 1. The summed E-state index contributed by atoms with van der Waals surface area (Å²) in [7, 11) is 0. The van der Waals surface area contributed by atoms with Crippen LogP contribution in [0.5, 0.6) is 5.75 Å². The van der Waals surface area contributed by atoms with E-state index in [0.717, 1.165) is 11.1 Å². The number of amides is 1. The molecule has 0 saturated carbocycles. The van der Waals surface area contributed by atoms with Crippen molar-refractivity contribution in [1.82, 2.24) is 4.98 Å². The van der Waals surface area contributed by atoms with E-state index in [1.165, 1.54) is 12.1 Å². The molecule has 6 heteroatoms. The summed E-state index contributed by atoms with van der Waals surface area (Å²) < 4.78 is 0. The first-order valence-electron chi connectivity index (χ1n) is 8.31. The highest BCUT2D eigenvalue weighted by Gasteiger charge is 2.27. The minimum atomic E-state index is -0.346. The van der Waals surface area contributed by atoms with E-state index >= 15 is 0 Å². The molecule has 2 N–H and O–H groups in total. The van der Waals surface area contributed by atoms with E-state index in [9.17, 15) is 9.90 Å². The fourth-order valence-electron chi connectivity index (χ4n) is 2.65. The zero-order valence-corrected chi connectivity index (χ0v) is 17.4. The number of aromatic hydroxyl groups is 1. The maximum absolute atomic E-state index is 12.6. The van der Waals surface area contributed by atoms with Crippen molar-refractivity contribution in [3.05, 3.63) is 51.3 Å². The van der Waals surface area contributed by atoms with E-state index in [1.807, 2.05) is 41.5 Å². The molecule has 4 nitrogen and oxygen atoms in total. The van der Waals surface area contributed by atoms with Crippen molar-refractivity contribution >= 4 is 34.8 Å². The van der Waals surface area contributed by atoms with Crippen molar-refractivity contribution in [2.24, 2.45) is 0 Å². The number of phenols is 1. The number of hydrogen-bond acceptors (Lipinski definition) is 3. The van der Waals surface area contributed by atoms with Gasteiger partial charge in [-0.3, -0.25) is 4.79 Å². The number of aromatic nitrogens is 1. The zero-order valence-electron chi connectivity index (χ0n) is 15.9. The summed E-state index contributed by atoms with van der Waals surface area (Å²) in [6.07, 6.45) is 0. The van der Waals surface area contributed by atoms with Gasteiger partial charge in [0, 0.05) is 22.4 Å². The molecule has 1 amide bonds. The van der Waals surface area contributed by atoms with Gasteiger partial charge in [-0.05, 0) is 35.1 Å². The number of carbonyl (C=O) groups is 1. The van der Waals surface area contributed by atoms with Crippen molar-refractivity contribution in [3.63, 3.8) is 0 Å². The largest absolute Gasteiger partial charge is 0.507 e. The van der Waals surface area contributed by atoms with Crippen molar-refractivity contribution in [1.29, 1.82) is 0 Å². The Balaban J connectivity index is 2.50. The predicted molar refractivity (Wildman–Crippen MR) is 108 cm³/mol. The standard InChI is InChI=1S/C20H24Cl2N2O2/c1-19(2,3)13-9-12(10-14(17(13)25)20(4,5)6)23-18(26)11-7-15(21)24-16(22)8-11/h7-10,25H,1-6H3,(H,23,26). The van der Waals surface area contributed by atoms with Gasteiger partial charge < -0.3 is 10.4 Å². The molecule has 0 aliphatic heterocycles. The molecule has 140 valence electrons. The highest BCUT2D eigenvalue weighted by molar-refractivity contribution is 6.33. The van der Waals surface area contributed by atoms with Gasteiger partial charge in [-0.15, -0.1) is 0 Å². The van der Waals surface area contributed by atoms with E-state index in [4.69, 9.17) is 23.2 Å². The number of nitrogens with one attached hydrogen (secondary N) is 1.